The van der Waals surface area contributed by atoms with Gasteiger partial charge in [-0.1, -0.05) is 47.6 Å². The monoisotopic (exact) mass is 379 g/mol. The van der Waals surface area contributed by atoms with Crippen molar-refractivity contribution in [1.29, 1.82) is 0 Å². The molecule has 0 N–H and O–H groups in total. The first-order valence-corrected chi connectivity index (χ1v) is 9.26. The summed E-state index contributed by atoms with van der Waals surface area (Å²) < 4.78 is 5.81. The molecule has 126 valence electrons. The maximum atomic E-state index is 6.38. The minimum absolute atomic E-state index is 0.451. The van der Waals surface area contributed by atoms with Gasteiger partial charge >= 0.3 is 0 Å². The second-order valence-corrected chi connectivity index (χ2v) is 7.14. The van der Waals surface area contributed by atoms with Gasteiger partial charge in [-0.3, -0.25) is 0 Å². The van der Waals surface area contributed by atoms with E-state index in [4.69, 9.17) is 40.2 Å². The van der Waals surface area contributed by atoms with Gasteiger partial charge in [0.25, 0.3) is 0 Å². The number of halogens is 2. The van der Waals surface area contributed by atoms with Crippen molar-refractivity contribution in [3.05, 3.63) is 63.6 Å². The Bertz CT molecular complexity index is 712. The van der Waals surface area contributed by atoms with Gasteiger partial charge in [0, 0.05) is 23.7 Å². The van der Waals surface area contributed by atoms with Crippen molar-refractivity contribution >= 4 is 40.4 Å². The number of piperidine rings is 1. The molecular weight excluding hydrogens is 361 g/mol. The van der Waals surface area contributed by atoms with Crippen molar-refractivity contribution in [3.63, 3.8) is 0 Å². The number of ether oxygens (including phenoxy) is 1. The van der Waals surface area contributed by atoms with Crippen molar-refractivity contribution in [2.45, 2.75) is 25.9 Å². The Balaban J connectivity index is 1.65. The van der Waals surface area contributed by atoms with E-state index in [1.807, 2.05) is 42.5 Å². The number of hydrogen-bond acceptors (Lipinski definition) is 2. The molecule has 5 heteroatoms. The molecule has 0 bridgehead atoms. The SMILES string of the molecule is S=C(c1ccc(OCc2ccc(Cl)cc2)c(Cl)c1)N1CCCCC1. The summed E-state index contributed by atoms with van der Waals surface area (Å²) >= 11 is 17.9. The highest BCUT2D eigenvalue weighted by molar-refractivity contribution is 7.80. The summed E-state index contributed by atoms with van der Waals surface area (Å²) in [6.07, 6.45) is 3.70. The van der Waals surface area contributed by atoms with Gasteiger partial charge in [0.2, 0.25) is 0 Å². The van der Waals surface area contributed by atoms with Crippen LogP contribution in [-0.4, -0.2) is 23.0 Å². The maximum Gasteiger partial charge on any atom is 0.138 e. The van der Waals surface area contributed by atoms with Gasteiger partial charge in [-0.2, -0.15) is 0 Å². The van der Waals surface area contributed by atoms with Crippen LogP contribution in [0.4, 0.5) is 0 Å². The van der Waals surface area contributed by atoms with Crippen molar-refractivity contribution in [1.82, 2.24) is 4.90 Å². The number of hydrogen-bond donors (Lipinski definition) is 0. The lowest BCUT2D eigenvalue weighted by Gasteiger charge is -2.29. The first-order valence-electron chi connectivity index (χ1n) is 8.09. The van der Waals surface area contributed by atoms with Gasteiger partial charge in [-0.15, -0.1) is 0 Å². The van der Waals surface area contributed by atoms with Crippen LogP contribution in [0.2, 0.25) is 10.0 Å². The first kappa shape index (κ1) is 17.5. The van der Waals surface area contributed by atoms with Gasteiger partial charge in [-0.05, 0) is 55.2 Å². The van der Waals surface area contributed by atoms with Crippen LogP contribution in [0.25, 0.3) is 0 Å². The zero-order valence-electron chi connectivity index (χ0n) is 13.3. The van der Waals surface area contributed by atoms with E-state index < -0.39 is 0 Å². The van der Waals surface area contributed by atoms with Crippen LogP contribution < -0.4 is 4.74 Å². The van der Waals surface area contributed by atoms with Crippen LogP contribution in [0.1, 0.15) is 30.4 Å². The predicted octanol–water partition coefficient (Wildman–Crippen LogP) is 5.73. The quantitative estimate of drug-likeness (QED) is 0.628. The highest BCUT2D eigenvalue weighted by Gasteiger charge is 2.16. The van der Waals surface area contributed by atoms with Gasteiger partial charge in [0.1, 0.15) is 17.3 Å². The van der Waals surface area contributed by atoms with Crippen LogP contribution in [0.3, 0.4) is 0 Å². The zero-order chi connectivity index (χ0) is 16.9. The Morgan fingerprint density at radius 2 is 1.71 bits per heavy atom. The number of nitrogens with zero attached hydrogens (tertiary/aromatic N) is 1. The molecule has 24 heavy (non-hydrogen) atoms. The van der Waals surface area contributed by atoms with E-state index in [1.165, 1.54) is 19.3 Å². The van der Waals surface area contributed by atoms with Gasteiger partial charge < -0.3 is 9.64 Å². The molecule has 0 saturated carbocycles. The Morgan fingerprint density at radius 1 is 1.00 bits per heavy atom. The van der Waals surface area contributed by atoms with Crippen molar-refractivity contribution in [2.75, 3.05) is 13.1 Å². The van der Waals surface area contributed by atoms with E-state index in [9.17, 15) is 0 Å². The molecule has 1 aliphatic rings. The molecular formula is C19H19Cl2NOS. The van der Waals surface area contributed by atoms with E-state index in [0.29, 0.717) is 22.4 Å². The number of likely N-dealkylation sites (tertiary alicyclic amines) is 1. The topological polar surface area (TPSA) is 12.5 Å². The van der Waals surface area contributed by atoms with E-state index in [0.717, 1.165) is 29.2 Å². The average molecular weight is 380 g/mol. The number of benzene rings is 2. The van der Waals surface area contributed by atoms with Crippen LogP contribution in [0, 0.1) is 0 Å². The van der Waals surface area contributed by atoms with Crippen LogP contribution in [0.15, 0.2) is 42.5 Å². The fourth-order valence-corrected chi connectivity index (χ4v) is 3.44. The zero-order valence-corrected chi connectivity index (χ0v) is 15.6. The van der Waals surface area contributed by atoms with Crippen molar-refractivity contribution < 1.29 is 4.74 Å². The molecule has 0 atom stereocenters. The molecule has 1 fully saturated rings. The summed E-state index contributed by atoms with van der Waals surface area (Å²) in [5.74, 6) is 0.664. The van der Waals surface area contributed by atoms with Gasteiger partial charge in [0.15, 0.2) is 0 Å². The van der Waals surface area contributed by atoms with Crippen LogP contribution >= 0.6 is 35.4 Å². The largest absolute Gasteiger partial charge is 0.487 e. The summed E-state index contributed by atoms with van der Waals surface area (Å²) in [7, 11) is 0. The molecule has 1 aliphatic heterocycles. The molecule has 2 nitrogen and oxygen atoms in total. The fourth-order valence-electron chi connectivity index (χ4n) is 2.77. The standard InChI is InChI=1S/C19H19Cl2NOS/c20-16-7-4-14(5-8-16)13-23-18-9-6-15(12-17(18)21)19(24)22-10-2-1-3-11-22/h4-9,12H,1-3,10-11,13H2. The molecule has 0 aromatic heterocycles. The summed E-state index contributed by atoms with van der Waals surface area (Å²) in [6.45, 7) is 2.52. The van der Waals surface area contributed by atoms with E-state index in [1.54, 1.807) is 0 Å². The molecule has 0 radical (unpaired) electrons. The summed E-state index contributed by atoms with van der Waals surface area (Å²) in [4.78, 5) is 3.14. The van der Waals surface area contributed by atoms with Gasteiger partial charge in [0.05, 0.1) is 5.02 Å². The fraction of sp³-hybridized carbons (Fsp3) is 0.316. The maximum absolute atomic E-state index is 6.38. The second kappa shape index (κ2) is 8.19. The summed E-state index contributed by atoms with van der Waals surface area (Å²) in [5, 5.41) is 1.30. The number of rotatable bonds is 4. The molecule has 0 unspecified atom stereocenters. The third-order valence-electron chi connectivity index (χ3n) is 4.13. The molecule has 2 aromatic carbocycles. The Kier molecular flexibility index (Phi) is 5.99. The van der Waals surface area contributed by atoms with Crippen LogP contribution in [0.5, 0.6) is 5.75 Å². The summed E-state index contributed by atoms with van der Waals surface area (Å²) in [6, 6.07) is 13.4. The van der Waals surface area contributed by atoms with E-state index in [-0.39, 0.29) is 0 Å². The Morgan fingerprint density at radius 3 is 2.38 bits per heavy atom. The minimum atomic E-state index is 0.451. The normalized spacial score (nSPS) is 14.5. The smallest absolute Gasteiger partial charge is 0.138 e. The highest BCUT2D eigenvalue weighted by atomic mass is 35.5. The van der Waals surface area contributed by atoms with E-state index >= 15 is 0 Å². The molecule has 3 rings (SSSR count). The highest BCUT2D eigenvalue weighted by Crippen LogP contribution is 2.27. The summed E-state index contributed by atoms with van der Waals surface area (Å²) in [5.41, 5.74) is 2.03. The van der Waals surface area contributed by atoms with E-state index in [2.05, 4.69) is 4.90 Å². The Labute approximate surface area is 158 Å². The van der Waals surface area contributed by atoms with Gasteiger partial charge in [-0.25, -0.2) is 0 Å². The lowest BCUT2D eigenvalue weighted by atomic mass is 10.1. The third-order valence-corrected chi connectivity index (χ3v) is 5.17. The molecule has 1 saturated heterocycles. The first-order chi connectivity index (χ1) is 11.6. The van der Waals surface area contributed by atoms with Crippen molar-refractivity contribution in [2.24, 2.45) is 0 Å². The van der Waals surface area contributed by atoms with Crippen LogP contribution in [-0.2, 0) is 6.61 Å². The molecule has 0 spiro atoms. The molecule has 1 heterocycles. The lowest BCUT2D eigenvalue weighted by Crippen LogP contribution is -2.34. The minimum Gasteiger partial charge on any atom is -0.487 e. The lowest BCUT2D eigenvalue weighted by molar-refractivity contribution is 0.306. The Hall–Kier alpha value is -1.29. The van der Waals surface area contributed by atoms with Crippen molar-refractivity contribution in [3.8, 4) is 5.75 Å². The second-order valence-electron chi connectivity index (χ2n) is 5.91. The molecule has 2 aromatic rings. The third kappa shape index (κ3) is 4.41. The average Bonchev–Trinajstić information content (AvgIpc) is 2.62. The molecule has 0 amide bonds. The predicted molar refractivity (Wildman–Crippen MR) is 104 cm³/mol. The molecule has 0 aliphatic carbocycles. The number of thiocarbonyl (C=S) groups is 1.